The van der Waals surface area contributed by atoms with E-state index in [0.717, 1.165) is 25.7 Å². The summed E-state index contributed by atoms with van der Waals surface area (Å²) in [4.78, 5) is 0. The first-order valence-corrected chi connectivity index (χ1v) is 8.69. The van der Waals surface area contributed by atoms with Crippen LogP contribution in [0.2, 0.25) is 0 Å². The van der Waals surface area contributed by atoms with Crippen LogP contribution in [0.5, 0.6) is 0 Å². The number of hydrogen-bond acceptors (Lipinski definition) is 4. The lowest BCUT2D eigenvalue weighted by Crippen LogP contribution is -2.19. The van der Waals surface area contributed by atoms with Crippen molar-refractivity contribution in [2.24, 2.45) is 17.0 Å². The van der Waals surface area contributed by atoms with Crippen molar-refractivity contribution in [3.05, 3.63) is 36.5 Å². The first-order chi connectivity index (χ1) is 11.1. The summed E-state index contributed by atoms with van der Waals surface area (Å²) in [6, 6.07) is 0. The lowest BCUT2D eigenvalue weighted by molar-refractivity contribution is 0.125. The molecule has 0 bridgehead atoms. The van der Waals surface area contributed by atoms with Crippen LogP contribution >= 0.6 is 0 Å². The molecule has 1 aliphatic rings. The molecule has 4 heteroatoms. The summed E-state index contributed by atoms with van der Waals surface area (Å²) in [5.41, 5.74) is 0.596. The van der Waals surface area contributed by atoms with Gasteiger partial charge in [0.25, 0.3) is 0 Å². The van der Waals surface area contributed by atoms with Gasteiger partial charge in [0.2, 0.25) is 0 Å². The van der Waals surface area contributed by atoms with Gasteiger partial charge in [-0.3, -0.25) is 0 Å². The summed E-state index contributed by atoms with van der Waals surface area (Å²) in [5.74, 6) is -0.116. The van der Waals surface area contributed by atoms with E-state index in [9.17, 15) is 15.4 Å². The number of hydrogen-bond donors (Lipinski definition) is 3. The molecule has 1 aliphatic carbocycles. The van der Waals surface area contributed by atoms with Gasteiger partial charge in [0.15, 0.2) is 0 Å². The molecule has 1 saturated carbocycles. The molecule has 1 fully saturated rings. The van der Waals surface area contributed by atoms with Gasteiger partial charge in [0.05, 0.1) is 17.9 Å². The molecule has 0 heterocycles. The highest BCUT2D eigenvalue weighted by Gasteiger charge is 2.38. The molecular formula is C19H31NO3. The molecule has 1 unspecified atom stereocenters. The second-order valence-electron chi connectivity index (χ2n) is 6.12. The van der Waals surface area contributed by atoms with Crippen LogP contribution in [0.25, 0.3) is 0 Å². The van der Waals surface area contributed by atoms with Gasteiger partial charge in [-0.15, -0.1) is 0 Å². The fourth-order valence-corrected chi connectivity index (χ4v) is 2.92. The standard InChI is InChI=1S/C19H31NO3/c1-3-5-7-9-11-17-16(18(20-23)14-19(17)22)13-12-15(21)10-8-6-4-2/h6-9,12-13,15-17,19,21-23H,3-5,10-11,14H2,1-2H3/b8-6+,9-7-,13-12+,20-18-/t15?,16-,17-,19+/m1/s1. The van der Waals surface area contributed by atoms with Crippen LogP contribution in [0.1, 0.15) is 52.4 Å². The third-order valence-electron chi connectivity index (χ3n) is 4.24. The van der Waals surface area contributed by atoms with E-state index < -0.39 is 12.2 Å². The number of rotatable bonds is 9. The summed E-state index contributed by atoms with van der Waals surface area (Å²) in [7, 11) is 0. The Bertz CT molecular complexity index is 440. The fourth-order valence-electron chi connectivity index (χ4n) is 2.92. The zero-order chi connectivity index (χ0) is 17.1. The van der Waals surface area contributed by atoms with Gasteiger partial charge >= 0.3 is 0 Å². The molecular weight excluding hydrogens is 290 g/mol. The molecule has 0 aromatic rings. The highest BCUT2D eigenvalue weighted by molar-refractivity contribution is 5.90. The molecule has 4 nitrogen and oxygen atoms in total. The van der Waals surface area contributed by atoms with Gasteiger partial charge in [-0.1, -0.05) is 61.9 Å². The Hall–Kier alpha value is -1.39. The molecule has 0 radical (unpaired) electrons. The maximum Gasteiger partial charge on any atom is 0.0755 e. The van der Waals surface area contributed by atoms with Crippen molar-refractivity contribution in [2.75, 3.05) is 0 Å². The number of allylic oxidation sites excluding steroid dienone is 4. The highest BCUT2D eigenvalue weighted by atomic mass is 16.4. The molecule has 4 atom stereocenters. The number of aliphatic hydroxyl groups excluding tert-OH is 2. The predicted octanol–water partition coefficient (Wildman–Crippen LogP) is 3.83. The molecule has 0 spiro atoms. The quantitative estimate of drug-likeness (QED) is 0.343. The van der Waals surface area contributed by atoms with Crippen molar-refractivity contribution in [2.45, 2.75) is 64.6 Å². The zero-order valence-corrected chi connectivity index (χ0v) is 14.3. The summed E-state index contributed by atoms with van der Waals surface area (Å²) in [6.07, 6.45) is 15.6. The van der Waals surface area contributed by atoms with E-state index in [1.165, 1.54) is 0 Å². The molecule has 3 N–H and O–H groups in total. The van der Waals surface area contributed by atoms with Gasteiger partial charge in [-0.25, -0.2) is 0 Å². The molecule has 23 heavy (non-hydrogen) atoms. The maximum absolute atomic E-state index is 10.2. The van der Waals surface area contributed by atoms with E-state index >= 15 is 0 Å². The average Bonchev–Trinajstić information content (AvgIpc) is 2.85. The van der Waals surface area contributed by atoms with E-state index in [-0.39, 0.29) is 11.8 Å². The Morgan fingerprint density at radius 2 is 2.00 bits per heavy atom. The van der Waals surface area contributed by atoms with Crippen molar-refractivity contribution >= 4 is 5.71 Å². The van der Waals surface area contributed by atoms with Gasteiger partial charge in [-0.2, -0.15) is 0 Å². The normalized spacial score (nSPS) is 28.7. The lowest BCUT2D eigenvalue weighted by Gasteiger charge is -2.17. The van der Waals surface area contributed by atoms with Crippen molar-refractivity contribution in [3.63, 3.8) is 0 Å². The van der Waals surface area contributed by atoms with Crippen LogP contribution < -0.4 is 0 Å². The Morgan fingerprint density at radius 3 is 2.65 bits per heavy atom. The minimum Gasteiger partial charge on any atom is -0.411 e. The zero-order valence-electron chi connectivity index (χ0n) is 14.3. The van der Waals surface area contributed by atoms with Crippen molar-refractivity contribution < 1.29 is 15.4 Å². The molecule has 130 valence electrons. The molecule has 0 aromatic carbocycles. The third-order valence-corrected chi connectivity index (χ3v) is 4.24. The molecule has 0 amide bonds. The molecule has 0 aromatic heterocycles. The summed E-state index contributed by atoms with van der Waals surface area (Å²) < 4.78 is 0. The van der Waals surface area contributed by atoms with E-state index in [2.05, 4.69) is 31.2 Å². The van der Waals surface area contributed by atoms with Crippen LogP contribution in [-0.4, -0.2) is 33.3 Å². The Balaban J connectivity index is 2.70. The second kappa shape index (κ2) is 11.2. The Morgan fingerprint density at radius 1 is 1.22 bits per heavy atom. The maximum atomic E-state index is 10.2. The fraction of sp³-hybridized carbons (Fsp3) is 0.632. The smallest absolute Gasteiger partial charge is 0.0755 e. The molecule has 0 aliphatic heterocycles. The topological polar surface area (TPSA) is 73.1 Å². The van der Waals surface area contributed by atoms with Crippen LogP contribution in [0.4, 0.5) is 0 Å². The number of nitrogens with zero attached hydrogens (tertiary/aromatic N) is 1. The van der Waals surface area contributed by atoms with Gasteiger partial charge in [-0.05, 0) is 25.7 Å². The lowest BCUT2D eigenvalue weighted by atomic mass is 9.90. The first kappa shape index (κ1) is 19.7. The van der Waals surface area contributed by atoms with E-state index in [4.69, 9.17) is 0 Å². The van der Waals surface area contributed by atoms with Crippen LogP contribution in [0.3, 0.4) is 0 Å². The van der Waals surface area contributed by atoms with Gasteiger partial charge in [0, 0.05) is 18.3 Å². The summed E-state index contributed by atoms with van der Waals surface area (Å²) in [6.45, 7) is 4.19. The average molecular weight is 321 g/mol. The minimum absolute atomic E-state index is 0.00337. The molecule has 0 saturated heterocycles. The monoisotopic (exact) mass is 321 g/mol. The second-order valence-corrected chi connectivity index (χ2v) is 6.12. The van der Waals surface area contributed by atoms with Crippen molar-refractivity contribution in [3.8, 4) is 0 Å². The summed E-state index contributed by atoms with van der Waals surface area (Å²) >= 11 is 0. The minimum atomic E-state index is -0.549. The van der Waals surface area contributed by atoms with Gasteiger partial charge in [0.1, 0.15) is 0 Å². The van der Waals surface area contributed by atoms with Crippen molar-refractivity contribution in [1.29, 1.82) is 0 Å². The largest absolute Gasteiger partial charge is 0.411 e. The Kier molecular flexibility index (Phi) is 9.57. The number of oxime groups is 1. The predicted molar refractivity (Wildman–Crippen MR) is 94.7 cm³/mol. The van der Waals surface area contributed by atoms with Crippen LogP contribution in [0.15, 0.2) is 41.6 Å². The highest BCUT2D eigenvalue weighted by Crippen LogP contribution is 2.34. The number of unbranched alkanes of at least 4 members (excludes halogenated alkanes) is 1. The van der Waals surface area contributed by atoms with E-state index in [1.807, 2.05) is 18.2 Å². The van der Waals surface area contributed by atoms with E-state index in [1.54, 1.807) is 6.08 Å². The van der Waals surface area contributed by atoms with Crippen LogP contribution in [0, 0.1) is 11.8 Å². The number of aliphatic hydroxyl groups is 2. The molecule has 1 rings (SSSR count). The van der Waals surface area contributed by atoms with E-state index in [0.29, 0.717) is 18.6 Å². The summed E-state index contributed by atoms with van der Waals surface area (Å²) in [5, 5.41) is 32.7. The SMILES string of the molecule is CC/C=C/CC(O)/C=C/[C@H]1/C(=N\O)C[C@H](O)[C@@H]1C/C=C\CCC. The van der Waals surface area contributed by atoms with Gasteiger partial charge < -0.3 is 15.4 Å². The Labute approximate surface area is 139 Å². The van der Waals surface area contributed by atoms with Crippen molar-refractivity contribution in [1.82, 2.24) is 0 Å². The van der Waals surface area contributed by atoms with Crippen LogP contribution in [-0.2, 0) is 0 Å². The first-order valence-electron chi connectivity index (χ1n) is 8.69. The third kappa shape index (κ3) is 6.71.